The first kappa shape index (κ1) is 24.4. The van der Waals surface area contributed by atoms with Gasteiger partial charge in [0.15, 0.2) is 0 Å². The minimum absolute atomic E-state index is 0.219. The average Bonchev–Trinajstić information content (AvgIpc) is 3.10. The third kappa shape index (κ3) is 5.10. The largest absolute Gasteiger partial charge is 0.489 e. The molecule has 3 aromatic carbocycles. The van der Waals surface area contributed by atoms with Crippen molar-refractivity contribution in [2.45, 2.75) is 25.0 Å². The third-order valence-electron chi connectivity index (χ3n) is 7.71. The molecule has 0 bridgehead atoms. The zero-order valence-corrected chi connectivity index (χ0v) is 21.6. The van der Waals surface area contributed by atoms with Crippen LogP contribution in [0.4, 0.5) is 0 Å². The summed E-state index contributed by atoms with van der Waals surface area (Å²) in [5, 5.41) is 12.3. The number of piperazine rings is 1. The molecule has 0 amide bonds. The predicted octanol–water partition coefficient (Wildman–Crippen LogP) is 5.13. The Labute approximate surface area is 223 Å². The first-order valence-electron chi connectivity index (χ1n) is 13.1. The summed E-state index contributed by atoms with van der Waals surface area (Å²) in [6.45, 7) is 4.58. The Hall–Kier alpha value is -2.96. The Morgan fingerprint density at radius 3 is 2.24 bits per heavy atom. The van der Waals surface area contributed by atoms with Crippen LogP contribution >= 0.6 is 11.6 Å². The van der Waals surface area contributed by atoms with E-state index in [-0.39, 0.29) is 12.6 Å². The normalized spacial score (nSPS) is 17.7. The summed E-state index contributed by atoms with van der Waals surface area (Å²) in [5.41, 5.74) is 6.53. The van der Waals surface area contributed by atoms with E-state index in [9.17, 15) is 5.11 Å². The molecule has 5 nitrogen and oxygen atoms in total. The van der Waals surface area contributed by atoms with Gasteiger partial charge in [-0.2, -0.15) is 0 Å². The Morgan fingerprint density at radius 2 is 1.54 bits per heavy atom. The molecule has 1 aromatic heterocycles. The van der Waals surface area contributed by atoms with Crippen molar-refractivity contribution in [3.05, 3.63) is 106 Å². The maximum atomic E-state index is 10.8. The van der Waals surface area contributed by atoms with Gasteiger partial charge in [0.05, 0.1) is 11.1 Å². The van der Waals surface area contributed by atoms with Crippen LogP contribution in [0, 0.1) is 0 Å². The molecular formula is C31H32ClN3O2. The van der Waals surface area contributed by atoms with Crippen molar-refractivity contribution in [3.8, 4) is 5.75 Å². The van der Waals surface area contributed by atoms with Crippen molar-refractivity contribution in [2.75, 3.05) is 39.3 Å². The lowest BCUT2D eigenvalue weighted by molar-refractivity contribution is 0.0403. The van der Waals surface area contributed by atoms with E-state index >= 15 is 0 Å². The number of rotatable bonds is 6. The molecule has 0 radical (unpaired) electrons. The molecule has 1 aliphatic carbocycles. The number of halogens is 1. The fourth-order valence-corrected chi connectivity index (χ4v) is 6.07. The molecule has 1 saturated heterocycles. The minimum Gasteiger partial charge on any atom is -0.489 e. The van der Waals surface area contributed by atoms with Crippen molar-refractivity contribution in [2.24, 2.45) is 0 Å². The molecule has 190 valence electrons. The zero-order chi connectivity index (χ0) is 25.2. The Kier molecular flexibility index (Phi) is 7.12. The second-order valence-electron chi connectivity index (χ2n) is 10.0. The van der Waals surface area contributed by atoms with E-state index in [1.165, 1.54) is 22.3 Å². The van der Waals surface area contributed by atoms with E-state index in [1.807, 2.05) is 24.3 Å². The van der Waals surface area contributed by atoms with Crippen LogP contribution in [-0.4, -0.2) is 65.3 Å². The van der Waals surface area contributed by atoms with E-state index in [2.05, 4.69) is 63.3 Å². The van der Waals surface area contributed by atoms with Gasteiger partial charge in [-0.1, -0.05) is 60.1 Å². The van der Waals surface area contributed by atoms with Gasteiger partial charge in [0, 0.05) is 44.3 Å². The van der Waals surface area contributed by atoms with Crippen LogP contribution < -0.4 is 4.74 Å². The number of aliphatic hydroxyl groups is 1. The maximum Gasteiger partial charge on any atom is 0.145 e. The van der Waals surface area contributed by atoms with Crippen molar-refractivity contribution >= 4 is 22.5 Å². The van der Waals surface area contributed by atoms with Crippen molar-refractivity contribution in [1.29, 1.82) is 0 Å². The van der Waals surface area contributed by atoms with Crippen LogP contribution in [0.15, 0.2) is 79.0 Å². The second kappa shape index (κ2) is 10.8. The number of β-amino-alcohol motifs (C(OH)–C–C–N with tert-alkyl or cyclic N) is 1. The van der Waals surface area contributed by atoms with E-state index < -0.39 is 6.10 Å². The van der Waals surface area contributed by atoms with E-state index in [0.717, 1.165) is 49.9 Å². The van der Waals surface area contributed by atoms with Crippen LogP contribution in [0.25, 0.3) is 10.9 Å². The van der Waals surface area contributed by atoms with E-state index in [4.69, 9.17) is 16.3 Å². The molecule has 1 atom stereocenters. The number of aromatic nitrogens is 1. The summed E-state index contributed by atoms with van der Waals surface area (Å²) >= 11 is 6.30. The highest BCUT2D eigenvalue weighted by Gasteiger charge is 2.31. The molecule has 0 spiro atoms. The minimum atomic E-state index is -0.583. The third-order valence-corrected chi connectivity index (χ3v) is 8.04. The average molecular weight is 514 g/mol. The second-order valence-corrected chi connectivity index (χ2v) is 10.5. The SMILES string of the molecule is OC(COc1ccc(Cl)c2cccnc12)CN1CCN(C2c3ccccc3CCc3ccccc32)CC1. The Morgan fingerprint density at radius 1 is 0.865 bits per heavy atom. The summed E-state index contributed by atoms with van der Waals surface area (Å²) in [6, 6.07) is 25.6. The summed E-state index contributed by atoms with van der Waals surface area (Å²) < 4.78 is 5.98. The first-order valence-corrected chi connectivity index (χ1v) is 13.5. The lowest BCUT2D eigenvalue weighted by Crippen LogP contribution is -2.50. The first-order chi connectivity index (χ1) is 18.2. The van der Waals surface area contributed by atoms with E-state index in [1.54, 1.807) is 6.20 Å². The number of fused-ring (bicyclic) bond motifs is 3. The predicted molar refractivity (Wildman–Crippen MR) is 148 cm³/mol. The molecular weight excluding hydrogens is 482 g/mol. The smallest absolute Gasteiger partial charge is 0.145 e. The van der Waals surface area contributed by atoms with Gasteiger partial charge in [-0.3, -0.25) is 14.8 Å². The van der Waals surface area contributed by atoms with Crippen LogP contribution in [-0.2, 0) is 12.8 Å². The maximum absolute atomic E-state index is 10.8. The lowest BCUT2D eigenvalue weighted by Gasteiger charge is -2.40. The molecule has 2 aliphatic rings. The summed E-state index contributed by atoms with van der Waals surface area (Å²) in [6.07, 6.45) is 3.33. The van der Waals surface area contributed by atoms with Crippen LogP contribution in [0.5, 0.6) is 5.75 Å². The van der Waals surface area contributed by atoms with E-state index in [0.29, 0.717) is 17.3 Å². The number of nitrogens with zero attached hydrogens (tertiary/aromatic N) is 3. The zero-order valence-electron chi connectivity index (χ0n) is 20.9. The lowest BCUT2D eigenvalue weighted by atomic mass is 9.92. The van der Waals surface area contributed by atoms with Gasteiger partial charge in [0.1, 0.15) is 24.0 Å². The van der Waals surface area contributed by atoms with Gasteiger partial charge >= 0.3 is 0 Å². The molecule has 1 aliphatic heterocycles. The molecule has 2 heterocycles. The summed E-state index contributed by atoms with van der Waals surface area (Å²) in [4.78, 5) is 9.38. The van der Waals surface area contributed by atoms with Crippen LogP contribution in [0.1, 0.15) is 28.3 Å². The monoisotopic (exact) mass is 513 g/mol. The van der Waals surface area contributed by atoms with Crippen molar-refractivity contribution in [1.82, 2.24) is 14.8 Å². The number of pyridine rings is 1. The molecule has 6 rings (SSSR count). The Bertz CT molecular complexity index is 1340. The molecule has 1 unspecified atom stereocenters. The van der Waals surface area contributed by atoms with Crippen LogP contribution in [0.2, 0.25) is 5.02 Å². The molecule has 6 heteroatoms. The van der Waals surface area contributed by atoms with Crippen molar-refractivity contribution in [3.63, 3.8) is 0 Å². The highest BCUT2D eigenvalue weighted by atomic mass is 35.5. The summed E-state index contributed by atoms with van der Waals surface area (Å²) in [7, 11) is 0. The van der Waals surface area contributed by atoms with Crippen molar-refractivity contribution < 1.29 is 9.84 Å². The molecule has 37 heavy (non-hydrogen) atoms. The van der Waals surface area contributed by atoms with Gasteiger partial charge in [-0.25, -0.2) is 0 Å². The van der Waals surface area contributed by atoms with Crippen LogP contribution in [0.3, 0.4) is 0 Å². The number of hydrogen-bond acceptors (Lipinski definition) is 5. The molecule has 1 N–H and O–H groups in total. The highest BCUT2D eigenvalue weighted by Crippen LogP contribution is 2.37. The molecule has 1 fully saturated rings. The summed E-state index contributed by atoms with van der Waals surface area (Å²) in [5.74, 6) is 0.648. The number of aryl methyl sites for hydroxylation is 2. The topological polar surface area (TPSA) is 48.8 Å². The number of ether oxygens (including phenoxy) is 1. The number of benzene rings is 3. The standard InChI is InChI=1S/C31H32ClN3O2/c32-28-13-14-29(30-27(28)10-5-15-33-30)37-21-24(36)20-34-16-18-35(19-17-34)31-25-8-3-1-6-22(25)11-12-23-7-2-4-9-26(23)31/h1-10,13-15,24,31,36H,11-12,16-21H2. The highest BCUT2D eigenvalue weighted by molar-refractivity contribution is 6.35. The number of hydrogen-bond donors (Lipinski definition) is 1. The van der Waals surface area contributed by atoms with Gasteiger partial charge < -0.3 is 9.84 Å². The molecule has 0 saturated carbocycles. The van der Waals surface area contributed by atoms with Gasteiger partial charge in [-0.15, -0.1) is 0 Å². The fraction of sp³-hybridized carbons (Fsp3) is 0.323. The number of aliphatic hydroxyl groups excluding tert-OH is 1. The van der Waals surface area contributed by atoms with Gasteiger partial charge in [-0.05, 0) is 59.4 Å². The fourth-order valence-electron chi connectivity index (χ4n) is 5.86. The Balaban J connectivity index is 1.10. The van der Waals surface area contributed by atoms with Gasteiger partial charge in [0.2, 0.25) is 0 Å². The van der Waals surface area contributed by atoms with Gasteiger partial charge in [0.25, 0.3) is 0 Å². The quantitative estimate of drug-likeness (QED) is 0.387. The molecule has 4 aromatic rings.